The van der Waals surface area contributed by atoms with E-state index in [1.54, 1.807) is 11.3 Å². The van der Waals surface area contributed by atoms with E-state index in [9.17, 15) is 0 Å². The Morgan fingerprint density at radius 2 is 2.36 bits per heavy atom. The number of hydrogen-bond acceptors (Lipinski definition) is 2. The molecule has 0 aliphatic heterocycles. The van der Waals surface area contributed by atoms with Crippen molar-refractivity contribution in [1.82, 2.24) is 9.88 Å². The van der Waals surface area contributed by atoms with Gasteiger partial charge in [-0.3, -0.25) is 0 Å². The summed E-state index contributed by atoms with van der Waals surface area (Å²) < 4.78 is 4.51. The fraction of sp³-hybridized carbons (Fsp3) is 0.500. The smallest absolute Gasteiger partial charge is 0.310 e. The molecule has 2 aromatic rings. The van der Waals surface area contributed by atoms with Crippen LogP contribution in [-0.2, 0) is 13.6 Å². The predicted octanol–water partition coefficient (Wildman–Crippen LogP) is 1.24. The Hall–Kier alpha value is -0.870. The predicted molar refractivity (Wildman–Crippen MR) is 58.6 cm³/mol. The molecule has 2 rings (SSSR count). The van der Waals surface area contributed by atoms with Crippen LogP contribution in [0.15, 0.2) is 11.6 Å². The van der Waals surface area contributed by atoms with Crippen LogP contribution >= 0.6 is 11.3 Å². The highest BCUT2D eigenvalue weighted by Crippen LogP contribution is 2.12. The number of hydrogen-bond donors (Lipinski definition) is 1. The summed E-state index contributed by atoms with van der Waals surface area (Å²) in [5.41, 5.74) is 2.71. The highest BCUT2D eigenvalue weighted by atomic mass is 32.1. The lowest BCUT2D eigenvalue weighted by Gasteiger charge is -1.96. The van der Waals surface area contributed by atoms with Gasteiger partial charge in [0, 0.05) is 12.3 Å². The maximum absolute atomic E-state index is 3.37. The topological polar surface area (TPSA) is 21.1 Å². The van der Waals surface area contributed by atoms with Crippen LogP contribution in [0.1, 0.15) is 18.3 Å². The van der Waals surface area contributed by atoms with Gasteiger partial charge < -0.3 is 5.32 Å². The van der Waals surface area contributed by atoms with Crippen molar-refractivity contribution in [3.05, 3.63) is 23.0 Å². The van der Waals surface area contributed by atoms with Gasteiger partial charge in [-0.2, -0.15) is 4.40 Å². The molecule has 0 bridgehead atoms. The molecule has 76 valence electrons. The van der Waals surface area contributed by atoms with Crippen LogP contribution in [0.25, 0.3) is 4.96 Å². The Kier molecular flexibility index (Phi) is 2.56. The lowest BCUT2D eigenvalue weighted by molar-refractivity contribution is -0.516. The van der Waals surface area contributed by atoms with E-state index in [4.69, 9.17) is 0 Å². The van der Waals surface area contributed by atoms with E-state index in [0.717, 1.165) is 13.1 Å². The number of aromatic nitrogens is 2. The highest BCUT2D eigenvalue weighted by molar-refractivity contribution is 7.14. The zero-order valence-electron chi connectivity index (χ0n) is 8.87. The molecule has 3 nitrogen and oxygen atoms in total. The molecule has 0 aromatic carbocycles. The quantitative estimate of drug-likeness (QED) is 0.756. The van der Waals surface area contributed by atoms with Crippen molar-refractivity contribution in [3.63, 3.8) is 0 Å². The summed E-state index contributed by atoms with van der Waals surface area (Å²) in [7, 11) is 2.12. The van der Waals surface area contributed by atoms with Crippen molar-refractivity contribution in [3.8, 4) is 0 Å². The maximum Gasteiger partial charge on any atom is 0.345 e. The molecule has 0 radical (unpaired) electrons. The Morgan fingerprint density at radius 3 is 3.07 bits per heavy atom. The minimum Gasteiger partial charge on any atom is -0.310 e. The number of nitrogens with one attached hydrogen (secondary N) is 1. The van der Waals surface area contributed by atoms with E-state index in [1.807, 2.05) is 0 Å². The third-order valence-corrected chi connectivity index (χ3v) is 3.57. The lowest BCUT2D eigenvalue weighted by atomic mass is 10.3. The number of fused-ring (bicyclic) bond motifs is 1. The molecule has 0 spiro atoms. The van der Waals surface area contributed by atoms with Crippen molar-refractivity contribution in [2.24, 2.45) is 7.05 Å². The Morgan fingerprint density at radius 1 is 1.57 bits per heavy atom. The molecule has 4 heteroatoms. The van der Waals surface area contributed by atoms with Gasteiger partial charge in [0.1, 0.15) is 11.9 Å². The van der Waals surface area contributed by atoms with Crippen molar-refractivity contribution in [1.29, 1.82) is 0 Å². The van der Waals surface area contributed by atoms with Crippen molar-refractivity contribution >= 4 is 16.3 Å². The van der Waals surface area contributed by atoms with Gasteiger partial charge in [-0.25, -0.2) is 4.57 Å². The fourth-order valence-corrected chi connectivity index (χ4v) is 2.57. The molecule has 2 aromatic heterocycles. The highest BCUT2D eigenvalue weighted by Gasteiger charge is 2.20. The number of aryl methyl sites for hydroxylation is 1. The van der Waals surface area contributed by atoms with E-state index in [2.05, 4.69) is 46.8 Å². The third-order valence-electron chi connectivity index (χ3n) is 2.63. The summed E-state index contributed by atoms with van der Waals surface area (Å²) >= 11 is 1.78. The summed E-state index contributed by atoms with van der Waals surface area (Å²) in [5.74, 6) is 0. The standard InChI is InChI=1S/C10H16N3S/c1-4-11-7-9-8(2)12(3)10-13(9)5-6-14-10/h5-6,11H,4,7H2,1-3H3/q+1. The van der Waals surface area contributed by atoms with Gasteiger partial charge in [-0.05, 0) is 6.54 Å². The van der Waals surface area contributed by atoms with Gasteiger partial charge >= 0.3 is 4.96 Å². The first-order chi connectivity index (χ1) is 6.75. The lowest BCUT2D eigenvalue weighted by Crippen LogP contribution is -2.26. The molecule has 0 aliphatic rings. The second-order valence-corrected chi connectivity index (χ2v) is 4.30. The summed E-state index contributed by atoms with van der Waals surface area (Å²) in [5, 5.41) is 5.50. The summed E-state index contributed by atoms with van der Waals surface area (Å²) in [6.45, 7) is 6.27. The first-order valence-electron chi connectivity index (χ1n) is 4.89. The third kappa shape index (κ3) is 1.35. The van der Waals surface area contributed by atoms with E-state index in [1.165, 1.54) is 16.3 Å². The SMILES string of the molecule is CCNCc1c(C)n(C)c2scc[n+]12. The number of imidazole rings is 1. The molecule has 2 heterocycles. The molecular weight excluding hydrogens is 194 g/mol. The van der Waals surface area contributed by atoms with Crippen LogP contribution in [0.3, 0.4) is 0 Å². The Bertz CT molecular complexity index is 441. The summed E-state index contributed by atoms with van der Waals surface area (Å²) in [6.07, 6.45) is 2.14. The molecular formula is C10H16N3S+. The molecule has 0 saturated carbocycles. The monoisotopic (exact) mass is 210 g/mol. The minimum absolute atomic E-state index is 0.946. The van der Waals surface area contributed by atoms with Crippen molar-refractivity contribution in [2.75, 3.05) is 6.54 Å². The molecule has 14 heavy (non-hydrogen) atoms. The van der Waals surface area contributed by atoms with E-state index in [0.29, 0.717) is 0 Å². The van der Waals surface area contributed by atoms with Crippen molar-refractivity contribution in [2.45, 2.75) is 20.4 Å². The fourth-order valence-electron chi connectivity index (χ4n) is 1.69. The van der Waals surface area contributed by atoms with E-state index < -0.39 is 0 Å². The number of rotatable bonds is 3. The van der Waals surface area contributed by atoms with Crippen LogP contribution in [0.2, 0.25) is 0 Å². The number of nitrogens with zero attached hydrogens (tertiary/aromatic N) is 2. The van der Waals surface area contributed by atoms with Crippen LogP contribution in [-0.4, -0.2) is 11.1 Å². The van der Waals surface area contributed by atoms with Crippen LogP contribution in [0.5, 0.6) is 0 Å². The maximum atomic E-state index is 3.37. The van der Waals surface area contributed by atoms with E-state index in [-0.39, 0.29) is 0 Å². The van der Waals surface area contributed by atoms with Crippen LogP contribution in [0, 0.1) is 6.92 Å². The average molecular weight is 210 g/mol. The second-order valence-electron chi connectivity index (χ2n) is 3.43. The summed E-state index contributed by atoms with van der Waals surface area (Å²) in [4.78, 5) is 1.30. The van der Waals surface area contributed by atoms with Crippen molar-refractivity contribution < 1.29 is 4.40 Å². The molecule has 0 fully saturated rings. The normalized spacial score (nSPS) is 11.4. The van der Waals surface area contributed by atoms with Crippen LogP contribution < -0.4 is 9.72 Å². The zero-order valence-corrected chi connectivity index (χ0v) is 9.69. The molecule has 1 N–H and O–H groups in total. The van der Waals surface area contributed by atoms with Gasteiger partial charge in [0.2, 0.25) is 0 Å². The average Bonchev–Trinajstić information content (AvgIpc) is 2.72. The summed E-state index contributed by atoms with van der Waals surface area (Å²) in [6, 6.07) is 0. The van der Waals surface area contributed by atoms with Gasteiger partial charge in [0.15, 0.2) is 5.69 Å². The molecule has 0 unspecified atom stereocenters. The molecule has 0 atom stereocenters. The van der Waals surface area contributed by atoms with Crippen LogP contribution in [0.4, 0.5) is 0 Å². The van der Waals surface area contributed by atoms with Gasteiger partial charge in [-0.15, -0.1) is 0 Å². The van der Waals surface area contributed by atoms with Gasteiger partial charge in [-0.1, -0.05) is 18.3 Å². The van der Waals surface area contributed by atoms with Gasteiger partial charge in [0.25, 0.3) is 0 Å². The molecule has 0 saturated heterocycles. The Balaban J connectivity index is 2.50. The van der Waals surface area contributed by atoms with Gasteiger partial charge in [0.05, 0.1) is 13.6 Å². The number of thiazole rings is 1. The molecule has 0 amide bonds. The zero-order chi connectivity index (χ0) is 10.1. The Labute approximate surface area is 88.0 Å². The largest absolute Gasteiger partial charge is 0.345 e. The first kappa shape index (κ1) is 9.68. The second kappa shape index (κ2) is 3.71. The minimum atomic E-state index is 0.946. The first-order valence-corrected chi connectivity index (χ1v) is 5.77. The van der Waals surface area contributed by atoms with E-state index >= 15 is 0 Å². The molecule has 0 aliphatic carbocycles.